The Morgan fingerprint density at radius 1 is 1.21 bits per heavy atom. The van der Waals surface area contributed by atoms with Crippen LogP contribution in [0.3, 0.4) is 0 Å². The lowest BCUT2D eigenvalue weighted by molar-refractivity contribution is -0.377. The van der Waals surface area contributed by atoms with Crippen molar-refractivity contribution in [3.63, 3.8) is 0 Å². The van der Waals surface area contributed by atoms with E-state index in [-0.39, 0.29) is 36.4 Å². The average molecular weight is 472 g/mol. The first-order valence-corrected chi connectivity index (χ1v) is 12.4. The Kier molecular flexibility index (Phi) is 7.60. The Balaban J connectivity index is 1.52. The second kappa shape index (κ2) is 10.5. The largest absolute Gasteiger partial charge is 0.461 e. The van der Waals surface area contributed by atoms with Gasteiger partial charge in [-0.3, -0.25) is 9.59 Å². The molecule has 2 fully saturated rings. The minimum Gasteiger partial charge on any atom is -0.461 e. The maximum Gasteiger partial charge on any atom is 0.245 e. The first-order valence-electron chi connectivity index (χ1n) is 12.4. The van der Waals surface area contributed by atoms with E-state index in [2.05, 4.69) is 11.4 Å². The van der Waals surface area contributed by atoms with Gasteiger partial charge in [0.15, 0.2) is 12.6 Å². The number of benzene rings is 1. The van der Waals surface area contributed by atoms with Crippen LogP contribution in [0.2, 0.25) is 0 Å². The number of nitrogens with two attached hydrogens (primary N) is 1. The van der Waals surface area contributed by atoms with Crippen LogP contribution in [0.5, 0.6) is 0 Å². The van der Waals surface area contributed by atoms with Gasteiger partial charge in [-0.05, 0) is 45.1 Å². The Bertz CT molecular complexity index is 1010. The number of amides is 2. The lowest BCUT2D eigenvalue weighted by atomic mass is 9.97. The van der Waals surface area contributed by atoms with Crippen molar-refractivity contribution in [1.82, 2.24) is 10.2 Å². The van der Waals surface area contributed by atoms with Crippen LogP contribution >= 0.6 is 0 Å². The van der Waals surface area contributed by atoms with E-state index in [1.165, 1.54) is 0 Å². The van der Waals surface area contributed by atoms with Crippen LogP contribution < -0.4 is 11.1 Å². The number of likely N-dealkylation sites (tertiary alicyclic amines) is 1. The highest BCUT2D eigenvalue weighted by Gasteiger charge is 2.36. The summed E-state index contributed by atoms with van der Waals surface area (Å²) in [7, 11) is 0. The third kappa shape index (κ3) is 5.29. The van der Waals surface area contributed by atoms with Crippen molar-refractivity contribution in [3.05, 3.63) is 35.6 Å². The molecule has 1 aromatic heterocycles. The van der Waals surface area contributed by atoms with Crippen molar-refractivity contribution in [3.8, 4) is 0 Å². The Labute approximate surface area is 201 Å². The molecule has 0 saturated carbocycles. The summed E-state index contributed by atoms with van der Waals surface area (Å²) in [4.78, 5) is 27.7. The second-order valence-corrected chi connectivity index (χ2v) is 9.86. The molecule has 2 amide bonds. The summed E-state index contributed by atoms with van der Waals surface area (Å²) in [6, 6.07) is 6.86. The number of nitrogens with zero attached hydrogens (tertiary/aromatic N) is 1. The topological polar surface area (TPSA) is 107 Å². The van der Waals surface area contributed by atoms with Crippen molar-refractivity contribution in [2.24, 2.45) is 11.7 Å². The van der Waals surface area contributed by atoms with Gasteiger partial charge >= 0.3 is 0 Å². The molecule has 0 bridgehead atoms. The number of para-hydroxylation sites is 1. The Hall–Kier alpha value is -2.42. The van der Waals surface area contributed by atoms with E-state index in [4.69, 9.17) is 19.6 Å². The SMILES string of the molecule is CC1OC(CCc2oc3ccccc3c2C[C@@H]2CCCN2C(=O)[C@@H](NC(=O)[C@H](C)N)C(C)C)O1. The van der Waals surface area contributed by atoms with Crippen LogP contribution in [0.4, 0.5) is 0 Å². The van der Waals surface area contributed by atoms with Crippen LogP contribution in [-0.2, 0) is 31.9 Å². The summed E-state index contributed by atoms with van der Waals surface area (Å²) < 4.78 is 17.4. The molecule has 0 aliphatic carbocycles. The summed E-state index contributed by atoms with van der Waals surface area (Å²) >= 11 is 0. The molecule has 3 N–H and O–H groups in total. The highest BCUT2D eigenvalue weighted by Crippen LogP contribution is 2.33. The van der Waals surface area contributed by atoms with E-state index in [1.54, 1.807) is 6.92 Å². The zero-order chi connectivity index (χ0) is 24.4. The normalized spacial score (nSPS) is 24.3. The lowest BCUT2D eigenvalue weighted by Crippen LogP contribution is -2.55. The van der Waals surface area contributed by atoms with Gasteiger partial charge in [0.25, 0.3) is 0 Å². The lowest BCUT2D eigenvalue weighted by Gasteiger charge is -2.33. The molecular weight excluding hydrogens is 434 g/mol. The highest BCUT2D eigenvalue weighted by molar-refractivity contribution is 5.90. The number of hydrogen-bond donors (Lipinski definition) is 2. The molecule has 2 aliphatic rings. The minimum absolute atomic E-state index is 0.0355. The first-order chi connectivity index (χ1) is 16.2. The van der Waals surface area contributed by atoms with Gasteiger partial charge in [-0.1, -0.05) is 32.0 Å². The number of furan rings is 1. The molecule has 2 saturated heterocycles. The zero-order valence-electron chi connectivity index (χ0n) is 20.6. The van der Waals surface area contributed by atoms with Crippen molar-refractivity contribution in [1.29, 1.82) is 0 Å². The van der Waals surface area contributed by atoms with Gasteiger partial charge in [-0.2, -0.15) is 0 Å². The van der Waals surface area contributed by atoms with Crippen LogP contribution in [0, 0.1) is 5.92 Å². The summed E-state index contributed by atoms with van der Waals surface area (Å²) in [6.45, 7) is 8.09. The number of fused-ring (bicyclic) bond motifs is 1. The van der Waals surface area contributed by atoms with Gasteiger partial charge in [0.2, 0.25) is 11.8 Å². The fraction of sp³-hybridized carbons (Fsp3) is 0.615. The molecule has 8 nitrogen and oxygen atoms in total. The monoisotopic (exact) mass is 471 g/mol. The standard InChI is InChI=1S/C26H37N3O5/c1-15(2)24(28-25(30)16(3)27)26(31)29-13-7-8-18(29)14-20-19-9-5-6-10-21(19)34-22(20)11-12-23-32-17(4)33-23/h5-6,9-10,15-18,23-24H,7-8,11-14,27H2,1-4H3,(H,28,30)/t16-,17?,18-,23?,24-/m0/s1. The molecule has 8 heteroatoms. The average Bonchev–Trinajstić information content (AvgIpc) is 3.38. The molecule has 1 aromatic carbocycles. The molecule has 3 atom stereocenters. The van der Waals surface area contributed by atoms with E-state index in [0.717, 1.165) is 41.6 Å². The molecule has 0 spiro atoms. The minimum atomic E-state index is -0.658. The molecule has 0 radical (unpaired) electrons. The van der Waals surface area contributed by atoms with E-state index in [9.17, 15) is 9.59 Å². The number of ether oxygens (including phenoxy) is 2. The predicted octanol–water partition coefficient (Wildman–Crippen LogP) is 3.11. The number of rotatable bonds is 9. The fourth-order valence-electron chi connectivity index (χ4n) is 4.95. The Morgan fingerprint density at radius 3 is 2.62 bits per heavy atom. The van der Waals surface area contributed by atoms with Gasteiger partial charge < -0.3 is 29.8 Å². The van der Waals surface area contributed by atoms with Crippen LogP contribution in [0.1, 0.15) is 58.3 Å². The van der Waals surface area contributed by atoms with E-state index in [1.807, 2.05) is 43.9 Å². The summed E-state index contributed by atoms with van der Waals surface area (Å²) in [5.41, 5.74) is 7.74. The molecule has 186 valence electrons. The second-order valence-electron chi connectivity index (χ2n) is 9.86. The van der Waals surface area contributed by atoms with Crippen LogP contribution in [-0.4, -0.2) is 54.0 Å². The van der Waals surface area contributed by atoms with E-state index < -0.39 is 12.1 Å². The van der Waals surface area contributed by atoms with Crippen LogP contribution in [0.15, 0.2) is 28.7 Å². The summed E-state index contributed by atoms with van der Waals surface area (Å²) in [6.07, 6.45) is 3.67. The van der Waals surface area contributed by atoms with Gasteiger partial charge in [0.1, 0.15) is 17.4 Å². The third-order valence-corrected chi connectivity index (χ3v) is 6.82. The number of carbonyl (C=O) groups excluding carboxylic acids is 2. The molecular formula is C26H37N3O5. The first kappa shape index (κ1) is 24.7. The maximum atomic E-state index is 13.5. The smallest absolute Gasteiger partial charge is 0.245 e. The van der Waals surface area contributed by atoms with Gasteiger partial charge in [-0.15, -0.1) is 0 Å². The van der Waals surface area contributed by atoms with Crippen LogP contribution in [0.25, 0.3) is 11.0 Å². The maximum absolute atomic E-state index is 13.5. The molecule has 2 aliphatic heterocycles. The number of nitrogens with one attached hydrogen (secondary N) is 1. The molecule has 3 heterocycles. The summed E-state index contributed by atoms with van der Waals surface area (Å²) in [5.74, 6) is 0.552. The van der Waals surface area contributed by atoms with E-state index >= 15 is 0 Å². The van der Waals surface area contributed by atoms with Crippen molar-refractivity contribution in [2.75, 3.05) is 6.54 Å². The highest BCUT2D eigenvalue weighted by atomic mass is 16.9. The van der Waals surface area contributed by atoms with Crippen molar-refractivity contribution in [2.45, 2.75) is 90.5 Å². The fourth-order valence-corrected chi connectivity index (χ4v) is 4.95. The van der Waals surface area contributed by atoms with Gasteiger partial charge in [-0.25, -0.2) is 0 Å². The molecule has 2 aromatic rings. The zero-order valence-corrected chi connectivity index (χ0v) is 20.6. The van der Waals surface area contributed by atoms with Gasteiger partial charge in [0.05, 0.1) is 6.04 Å². The van der Waals surface area contributed by atoms with Crippen molar-refractivity contribution < 1.29 is 23.5 Å². The number of aryl methyl sites for hydroxylation is 1. The van der Waals surface area contributed by atoms with E-state index in [0.29, 0.717) is 19.4 Å². The predicted molar refractivity (Wildman–Crippen MR) is 129 cm³/mol. The molecule has 34 heavy (non-hydrogen) atoms. The molecule has 4 rings (SSSR count). The van der Waals surface area contributed by atoms with Crippen molar-refractivity contribution >= 4 is 22.8 Å². The summed E-state index contributed by atoms with van der Waals surface area (Å²) in [5, 5.41) is 3.95. The number of hydrogen-bond acceptors (Lipinski definition) is 6. The number of carbonyl (C=O) groups is 2. The molecule has 0 unspecified atom stereocenters. The third-order valence-electron chi connectivity index (χ3n) is 6.82. The van der Waals surface area contributed by atoms with Gasteiger partial charge in [0, 0.05) is 36.4 Å². The Morgan fingerprint density at radius 2 is 1.94 bits per heavy atom. The quantitative estimate of drug-likeness (QED) is 0.582.